The number of anilines is 1. The van der Waals surface area contributed by atoms with Crippen molar-refractivity contribution in [2.75, 3.05) is 17.7 Å². The molecule has 7 heteroatoms. The molecular weight excluding hydrogens is 414 g/mol. The van der Waals surface area contributed by atoms with Crippen molar-refractivity contribution in [1.82, 2.24) is 9.55 Å². The van der Waals surface area contributed by atoms with Gasteiger partial charge in [-0.05, 0) is 37.3 Å². The lowest BCUT2D eigenvalue weighted by atomic mass is 10.2. The fourth-order valence-electron chi connectivity index (χ4n) is 2.58. The van der Waals surface area contributed by atoms with Crippen LogP contribution in [0.2, 0.25) is 0 Å². The Kier molecular flexibility index (Phi) is 5.78. The van der Waals surface area contributed by atoms with Gasteiger partial charge in [-0.3, -0.25) is 14.2 Å². The number of fused-ring (bicyclic) bond motifs is 1. The highest BCUT2D eigenvalue weighted by Gasteiger charge is 2.15. The zero-order valence-corrected chi connectivity index (χ0v) is 16.9. The lowest BCUT2D eigenvalue weighted by molar-refractivity contribution is -0.115. The van der Waals surface area contributed by atoms with Crippen molar-refractivity contribution in [2.45, 2.75) is 18.6 Å². The van der Waals surface area contributed by atoms with E-state index in [9.17, 15) is 9.59 Å². The predicted octanol–water partition coefficient (Wildman–Crippen LogP) is 3.93. The van der Waals surface area contributed by atoms with E-state index >= 15 is 0 Å². The summed E-state index contributed by atoms with van der Waals surface area (Å²) < 4.78 is 2.45. The molecule has 0 aliphatic heterocycles. The van der Waals surface area contributed by atoms with Crippen molar-refractivity contribution in [3.63, 3.8) is 0 Å². The lowest BCUT2D eigenvalue weighted by Crippen LogP contribution is -2.28. The minimum Gasteiger partial charge on any atom is -0.315 e. The van der Waals surface area contributed by atoms with Gasteiger partial charge in [0, 0.05) is 23.8 Å². The largest absolute Gasteiger partial charge is 0.315 e. The van der Waals surface area contributed by atoms with Gasteiger partial charge in [0.1, 0.15) is 0 Å². The number of carbonyl (C=O) groups excluding carboxylic acids is 1. The summed E-state index contributed by atoms with van der Waals surface area (Å²) in [6.07, 6.45) is 0. The Hall–Kier alpha value is -2.12. The quantitative estimate of drug-likeness (QED) is 0.453. The molecule has 0 saturated carbocycles. The Labute approximate surface area is 164 Å². The number of hydrogen-bond donors (Lipinski definition) is 0. The minimum atomic E-state index is -0.0924. The van der Waals surface area contributed by atoms with Crippen LogP contribution in [-0.4, -0.2) is 28.3 Å². The van der Waals surface area contributed by atoms with Crippen LogP contribution in [0.5, 0.6) is 0 Å². The summed E-state index contributed by atoms with van der Waals surface area (Å²) in [4.78, 5) is 31.4. The number of carbonyl (C=O) groups is 1. The van der Waals surface area contributed by atoms with E-state index in [2.05, 4.69) is 20.9 Å². The first-order chi connectivity index (χ1) is 12.5. The number of nitrogens with zero attached hydrogens (tertiary/aromatic N) is 3. The molecule has 0 radical (unpaired) electrons. The topological polar surface area (TPSA) is 55.2 Å². The third-order valence-electron chi connectivity index (χ3n) is 4.04. The number of benzene rings is 2. The van der Waals surface area contributed by atoms with Gasteiger partial charge < -0.3 is 4.90 Å². The first-order valence-corrected chi connectivity index (χ1v) is 9.93. The molecule has 0 N–H and O–H groups in total. The van der Waals surface area contributed by atoms with Crippen LogP contribution in [0.3, 0.4) is 0 Å². The molecule has 1 heterocycles. The zero-order valence-electron chi connectivity index (χ0n) is 14.5. The molecule has 0 aliphatic carbocycles. The molecule has 1 amide bonds. The first-order valence-electron chi connectivity index (χ1n) is 8.15. The monoisotopic (exact) mass is 431 g/mol. The van der Waals surface area contributed by atoms with Crippen LogP contribution in [0, 0.1) is 0 Å². The van der Waals surface area contributed by atoms with Gasteiger partial charge in [0.15, 0.2) is 5.16 Å². The van der Waals surface area contributed by atoms with Crippen LogP contribution < -0.4 is 10.5 Å². The maximum atomic E-state index is 12.7. The summed E-state index contributed by atoms with van der Waals surface area (Å²) in [6.45, 7) is 2.40. The van der Waals surface area contributed by atoms with Gasteiger partial charge in [-0.15, -0.1) is 0 Å². The molecule has 3 rings (SSSR count). The zero-order chi connectivity index (χ0) is 18.7. The maximum absolute atomic E-state index is 12.7. The van der Waals surface area contributed by atoms with E-state index in [-0.39, 0.29) is 17.2 Å². The highest BCUT2D eigenvalue weighted by molar-refractivity contribution is 9.10. The van der Waals surface area contributed by atoms with Crippen LogP contribution >= 0.6 is 27.7 Å². The highest BCUT2D eigenvalue weighted by atomic mass is 79.9. The Bertz CT molecular complexity index is 1000. The third kappa shape index (κ3) is 3.83. The van der Waals surface area contributed by atoms with Crippen molar-refractivity contribution in [3.05, 3.63) is 63.4 Å². The summed E-state index contributed by atoms with van der Waals surface area (Å²) in [5.41, 5.74) is 1.38. The molecule has 2 aromatic carbocycles. The van der Waals surface area contributed by atoms with Crippen LogP contribution in [0.4, 0.5) is 5.69 Å². The molecule has 5 nitrogen and oxygen atoms in total. The van der Waals surface area contributed by atoms with Gasteiger partial charge in [0.05, 0.1) is 16.7 Å². The first kappa shape index (κ1) is 18.7. The summed E-state index contributed by atoms with van der Waals surface area (Å²) >= 11 is 4.67. The van der Waals surface area contributed by atoms with E-state index in [1.54, 1.807) is 22.6 Å². The van der Waals surface area contributed by atoms with Gasteiger partial charge in [0.2, 0.25) is 5.91 Å². The summed E-state index contributed by atoms with van der Waals surface area (Å²) in [5, 5.41) is 1.13. The van der Waals surface area contributed by atoms with Crippen molar-refractivity contribution >= 4 is 50.2 Å². The van der Waals surface area contributed by atoms with Crippen LogP contribution in [-0.2, 0) is 11.3 Å². The van der Waals surface area contributed by atoms with E-state index in [4.69, 9.17) is 0 Å². The highest BCUT2D eigenvalue weighted by Crippen LogP contribution is 2.21. The van der Waals surface area contributed by atoms with Gasteiger partial charge in [-0.2, -0.15) is 0 Å². The van der Waals surface area contributed by atoms with Crippen molar-refractivity contribution < 1.29 is 4.79 Å². The minimum absolute atomic E-state index is 0.0472. The fourth-order valence-corrected chi connectivity index (χ4v) is 3.92. The van der Waals surface area contributed by atoms with E-state index in [1.165, 1.54) is 11.8 Å². The number of rotatable bonds is 5. The average molecular weight is 432 g/mol. The van der Waals surface area contributed by atoms with Gasteiger partial charge in [0.25, 0.3) is 5.56 Å². The number of hydrogen-bond acceptors (Lipinski definition) is 4. The molecule has 0 aliphatic rings. The Morgan fingerprint density at radius 2 is 1.96 bits per heavy atom. The molecular formula is C19H18BrN3O2S. The second kappa shape index (κ2) is 8.05. The van der Waals surface area contributed by atoms with E-state index in [0.29, 0.717) is 22.6 Å². The van der Waals surface area contributed by atoms with Gasteiger partial charge >= 0.3 is 0 Å². The molecule has 0 unspecified atom stereocenters. The standard InChI is InChI=1S/C19H18BrN3O2S/c1-3-23-18(25)15-11-13(20)9-10-16(15)21-19(23)26-12-17(24)22(2)14-7-5-4-6-8-14/h4-11H,3,12H2,1-2H3. The van der Waals surface area contributed by atoms with Gasteiger partial charge in [-0.25, -0.2) is 4.98 Å². The third-order valence-corrected chi connectivity index (χ3v) is 5.49. The van der Waals surface area contributed by atoms with Gasteiger partial charge in [-0.1, -0.05) is 45.9 Å². The second-order valence-electron chi connectivity index (χ2n) is 5.68. The van der Waals surface area contributed by atoms with Crippen LogP contribution in [0.25, 0.3) is 10.9 Å². The number of aromatic nitrogens is 2. The molecule has 0 atom stereocenters. The Morgan fingerprint density at radius 1 is 1.23 bits per heavy atom. The van der Waals surface area contributed by atoms with E-state index in [0.717, 1.165) is 10.2 Å². The van der Waals surface area contributed by atoms with E-state index < -0.39 is 0 Å². The molecule has 134 valence electrons. The summed E-state index contributed by atoms with van der Waals surface area (Å²) in [6, 6.07) is 14.9. The summed E-state index contributed by atoms with van der Waals surface area (Å²) in [7, 11) is 1.75. The number of halogens is 1. The SMILES string of the molecule is CCn1c(SCC(=O)N(C)c2ccccc2)nc2ccc(Br)cc2c1=O. The molecule has 26 heavy (non-hydrogen) atoms. The summed E-state index contributed by atoms with van der Waals surface area (Å²) in [5.74, 6) is 0.161. The van der Waals surface area contributed by atoms with Crippen molar-refractivity contribution in [3.8, 4) is 0 Å². The molecule has 3 aromatic rings. The fraction of sp³-hybridized carbons (Fsp3) is 0.211. The molecule has 0 spiro atoms. The number of thioether (sulfide) groups is 1. The molecule has 0 bridgehead atoms. The number of amides is 1. The van der Waals surface area contributed by atoms with Crippen molar-refractivity contribution in [1.29, 1.82) is 0 Å². The molecule has 0 fully saturated rings. The van der Waals surface area contributed by atoms with Crippen molar-refractivity contribution in [2.24, 2.45) is 0 Å². The molecule has 0 saturated heterocycles. The smallest absolute Gasteiger partial charge is 0.262 e. The van der Waals surface area contributed by atoms with Crippen LogP contribution in [0.15, 0.2) is 63.0 Å². The Morgan fingerprint density at radius 3 is 2.65 bits per heavy atom. The Balaban J connectivity index is 1.85. The normalized spacial score (nSPS) is 10.9. The predicted molar refractivity (Wildman–Crippen MR) is 110 cm³/mol. The van der Waals surface area contributed by atoms with E-state index in [1.807, 2.05) is 49.4 Å². The lowest BCUT2D eigenvalue weighted by Gasteiger charge is -2.17. The maximum Gasteiger partial charge on any atom is 0.262 e. The van der Waals surface area contributed by atoms with Crippen LogP contribution in [0.1, 0.15) is 6.92 Å². The number of para-hydroxylation sites is 1. The average Bonchev–Trinajstić information content (AvgIpc) is 2.67. The second-order valence-corrected chi connectivity index (χ2v) is 7.54. The molecule has 1 aromatic heterocycles.